The summed E-state index contributed by atoms with van der Waals surface area (Å²) in [5.41, 5.74) is 1.51. The topological polar surface area (TPSA) is 34.9 Å². The first-order valence-electron chi connectivity index (χ1n) is 5.60. The summed E-state index contributed by atoms with van der Waals surface area (Å²) in [4.78, 5) is 12.3. The molecule has 5 heteroatoms. The lowest BCUT2D eigenvalue weighted by Crippen LogP contribution is -2.12. The summed E-state index contributed by atoms with van der Waals surface area (Å²) in [6.45, 7) is 2.62. The second-order valence-corrected chi connectivity index (χ2v) is 5.18. The lowest BCUT2D eigenvalue weighted by Gasteiger charge is -2.05. The fourth-order valence-electron chi connectivity index (χ4n) is 1.80. The van der Waals surface area contributed by atoms with Crippen LogP contribution in [0, 0.1) is 0 Å². The number of aryl methyl sites for hydroxylation is 1. The molecule has 0 saturated carbocycles. The monoisotopic (exact) mass is 326 g/mol. The number of Topliss-reactive ketones (excluding diaryl/α,β-unsaturated/α-hetero) is 1. The first kappa shape index (κ1) is 13.3. The predicted molar refractivity (Wildman–Crippen MR) is 75.1 cm³/mol. The molecule has 0 aliphatic carbocycles. The van der Waals surface area contributed by atoms with Crippen LogP contribution in [0.5, 0.6) is 0 Å². The minimum atomic E-state index is 0.0310. The van der Waals surface area contributed by atoms with Crippen LogP contribution in [0.2, 0.25) is 5.02 Å². The van der Waals surface area contributed by atoms with Crippen LogP contribution in [0.1, 0.15) is 23.0 Å². The summed E-state index contributed by atoms with van der Waals surface area (Å²) in [7, 11) is 0. The minimum absolute atomic E-state index is 0.0310. The number of rotatable bonds is 4. The highest BCUT2D eigenvalue weighted by Gasteiger charge is 2.16. The molecule has 0 radical (unpaired) electrons. The first-order chi connectivity index (χ1) is 8.61. The Kier molecular flexibility index (Phi) is 4.19. The average Bonchev–Trinajstić information content (AvgIpc) is 2.70. The van der Waals surface area contributed by atoms with Gasteiger partial charge in [0.1, 0.15) is 5.69 Å². The number of halogens is 2. The maximum absolute atomic E-state index is 12.3. The maximum Gasteiger partial charge on any atom is 0.186 e. The summed E-state index contributed by atoms with van der Waals surface area (Å²) in [6.07, 6.45) is 1.97. The van der Waals surface area contributed by atoms with Gasteiger partial charge >= 0.3 is 0 Å². The molecule has 0 aliphatic heterocycles. The van der Waals surface area contributed by atoms with Crippen LogP contribution in [0.4, 0.5) is 0 Å². The largest absolute Gasteiger partial charge is 0.292 e. The molecule has 2 aromatic rings. The molecule has 0 aliphatic rings. The Bertz CT molecular complexity index is 580. The van der Waals surface area contributed by atoms with Gasteiger partial charge < -0.3 is 0 Å². The molecular formula is C13H12BrClN2O. The van der Waals surface area contributed by atoms with Gasteiger partial charge in [0.25, 0.3) is 0 Å². The smallest absolute Gasteiger partial charge is 0.186 e. The van der Waals surface area contributed by atoms with E-state index in [0.29, 0.717) is 23.7 Å². The quantitative estimate of drug-likeness (QED) is 0.802. The van der Waals surface area contributed by atoms with Gasteiger partial charge in [-0.05, 0) is 40.5 Å². The molecule has 0 unspecified atom stereocenters. The Labute approximate surface area is 119 Å². The van der Waals surface area contributed by atoms with E-state index in [-0.39, 0.29) is 5.78 Å². The van der Waals surface area contributed by atoms with Crippen molar-refractivity contribution < 1.29 is 4.79 Å². The van der Waals surface area contributed by atoms with Crippen molar-refractivity contribution in [1.29, 1.82) is 0 Å². The molecule has 0 fully saturated rings. The van der Waals surface area contributed by atoms with Crippen LogP contribution < -0.4 is 0 Å². The van der Waals surface area contributed by atoms with E-state index in [4.69, 9.17) is 11.6 Å². The van der Waals surface area contributed by atoms with Crippen molar-refractivity contribution in [3.05, 3.63) is 51.2 Å². The Morgan fingerprint density at radius 2 is 2.28 bits per heavy atom. The number of carbonyl (C=O) groups excluding carboxylic acids is 1. The maximum atomic E-state index is 12.3. The van der Waals surface area contributed by atoms with Crippen molar-refractivity contribution in [3.8, 4) is 0 Å². The fraction of sp³-hybridized carbons (Fsp3) is 0.231. The zero-order chi connectivity index (χ0) is 13.1. The zero-order valence-corrected chi connectivity index (χ0v) is 12.2. The summed E-state index contributed by atoms with van der Waals surface area (Å²) in [5.74, 6) is 0.0310. The van der Waals surface area contributed by atoms with Gasteiger partial charge in [0.15, 0.2) is 5.78 Å². The van der Waals surface area contributed by atoms with E-state index in [9.17, 15) is 4.79 Å². The number of nitrogens with zero attached hydrogens (tertiary/aromatic N) is 2. The molecule has 0 saturated heterocycles. The van der Waals surface area contributed by atoms with Crippen molar-refractivity contribution in [1.82, 2.24) is 9.78 Å². The number of benzene rings is 1. The van der Waals surface area contributed by atoms with Crippen molar-refractivity contribution in [2.45, 2.75) is 19.9 Å². The second kappa shape index (κ2) is 5.67. The van der Waals surface area contributed by atoms with E-state index >= 15 is 0 Å². The van der Waals surface area contributed by atoms with Crippen molar-refractivity contribution in [2.24, 2.45) is 0 Å². The van der Waals surface area contributed by atoms with E-state index in [1.54, 1.807) is 23.0 Å². The van der Waals surface area contributed by atoms with Gasteiger partial charge in [-0.15, -0.1) is 0 Å². The summed E-state index contributed by atoms with van der Waals surface area (Å²) in [6, 6.07) is 7.34. The summed E-state index contributed by atoms with van der Waals surface area (Å²) >= 11 is 9.26. The number of carbonyl (C=O) groups is 1. The van der Waals surface area contributed by atoms with Crippen LogP contribution in [0.25, 0.3) is 0 Å². The Hall–Kier alpha value is -1.13. The third kappa shape index (κ3) is 2.82. The van der Waals surface area contributed by atoms with Gasteiger partial charge in [0.2, 0.25) is 0 Å². The molecule has 1 aromatic carbocycles. The van der Waals surface area contributed by atoms with E-state index in [0.717, 1.165) is 10.0 Å². The lowest BCUT2D eigenvalue weighted by molar-refractivity contribution is 0.0982. The number of aromatic nitrogens is 2. The van der Waals surface area contributed by atoms with Gasteiger partial charge in [-0.2, -0.15) is 5.10 Å². The summed E-state index contributed by atoms with van der Waals surface area (Å²) < 4.78 is 2.42. The molecule has 1 aromatic heterocycles. The molecular weight excluding hydrogens is 316 g/mol. The SMILES string of the molecule is CCn1ncc(Br)c1C(=O)Cc1cccc(Cl)c1. The number of hydrogen-bond acceptors (Lipinski definition) is 2. The standard InChI is InChI=1S/C13H12BrClN2O/c1-2-17-13(11(14)8-16-17)12(18)7-9-4-3-5-10(15)6-9/h3-6,8H,2,7H2,1H3. The van der Waals surface area contributed by atoms with Crippen molar-refractivity contribution in [3.63, 3.8) is 0 Å². The molecule has 2 rings (SSSR count). The third-order valence-electron chi connectivity index (χ3n) is 2.61. The normalized spacial score (nSPS) is 10.6. The first-order valence-corrected chi connectivity index (χ1v) is 6.78. The Morgan fingerprint density at radius 3 is 2.94 bits per heavy atom. The molecule has 3 nitrogen and oxygen atoms in total. The van der Waals surface area contributed by atoms with Crippen molar-refractivity contribution >= 4 is 33.3 Å². The van der Waals surface area contributed by atoms with Gasteiger partial charge in [-0.3, -0.25) is 9.48 Å². The second-order valence-electron chi connectivity index (χ2n) is 3.89. The molecule has 0 N–H and O–H groups in total. The van der Waals surface area contributed by atoms with Crippen LogP contribution in [0.15, 0.2) is 34.9 Å². The lowest BCUT2D eigenvalue weighted by atomic mass is 10.1. The molecule has 0 amide bonds. The molecule has 0 spiro atoms. The van der Waals surface area contributed by atoms with Crippen molar-refractivity contribution in [2.75, 3.05) is 0 Å². The highest BCUT2D eigenvalue weighted by Crippen LogP contribution is 2.19. The highest BCUT2D eigenvalue weighted by atomic mass is 79.9. The van der Waals surface area contributed by atoms with Crippen LogP contribution in [-0.4, -0.2) is 15.6 Å². The van der Waals surface area contributed by atoms with E-state index < -0.39 is 0 Å². The number of hydrogen-bond donors (Lipinski definition) is 0. The van der Waals surface area contributed by atoms with Gasteiger partial charge in [0.05, 0.1) is 10.7 Å². The van der Waals surface area contributed by atoms with Gasteiger partial charge in [-0.25, -0.2) is 0 Å². The number of ketones is 1. The van der Waals surface area contributed by atoms with Gasteiger partial charge in [-0.1, -0.05) is 23.7 Å². The Balaban J connectivity index is 2.24. The predicted octanol–water partition coefficient (Wildman–Crippen LogP) is 3.74. The van der Waals surface area contributed by atoms with E-state index in [1.807, 2.05) is 19.1 Å². The fourth-order valence-corrected chi connectivity index (χ4v) is 2.53. The molecule has 94 valence electrons. The average molecular weight is 328 g/mol. The molecule has 0 atom stereocenters. The third-order valence-corrected chi connectivity index (χ3v) is 3.43. The van der Waals surface area contributed by atoms with Crippen LogP contribution in [-0.2, 0) is 13.0 Å². The molecule has 18 heavy (non-hydrogen) atoms. The van der Waals surface area contributed by atoms with E-state index in [1.165, 1.54) is 0 Å². The highest BCUT2D eigenvalue weighted by molar-refractivity contribution is 9.10. The minimum Gasteiger partial charge on any atom is -0.292 e. The Morgan fingerprint density at radius 1 is 1.50 bits per heavy atom. The molecule has 0 bridgehead atoms. The van der Waals surface area contributed by atoms with E-state index in [2.05, 4.69) is 21.0 Å². The zero-order valence-electron chi connectivity index (χ0n) is 9.86. The van der Waals surface area contributed by atoms with Gasteiger partial charge in [0, 0.05) is 18.0 Å². The summed E-state index contributed by atoms with van der Waals surface area (Å²) in [5, 5.41) is 4.78. The van der Waals surface area contributed by atoms with Crippen LogP contribution in [0.3, 0.4) is 0 Å². The molecule has 1 heterocycles. The van der Waals surface area contributed by atoms with Crippen LogP contribution >= 0.6 is 27.5 Å².